The summed E-state index contributed by atoms with van der Waals surface area (Å²) in [5, 5.41) is 4.30. The Bertz CT molecular complexity index is 609. The summed E-state index contributed by atoms with van der Waals surface area (Å²) in [5.41, 5.74) is 1.13. The third-order valence-electron chi connectivity index (χ3n) is 4.81. The molecule has 1 unspecified atom stereocenters. The Kier molecular flexibility index (Phi) is 5.70. The van der Waals surface area contributed by atoms with Gasteiger partial charge in [-0.3, -0.25) is 19.2 Å². The monoisotopic (exact) mass is 349 g/mol. The Labute approximate surface area is 148 Å². The van der Waals surface area contributed by atoms with Crippen molar-refractivity contribution < 1.29 is 14.3 Å². The zero-order chi connectivity index (χ0) is 17.8. The summed E-state index contributed by atoms with van der Waals surface area (Å²) in [6, 6.07) is 0. The van der Waals surface area contributed by atoms with Gasteiger partial charge in [-0.2, -0.15) is 5.10 Å². The number of nitrogens with zero attached hydrogens (tertiary/aromatic N) is 5. The quantitative estimate of drug-likeness (QED) is 0.739. The lowest BCUT2D eigenvalue weighted by atomic mass is 10.2. The lowest BCUT2D eigenvalue weighted by molar-refractivity contribution is -0.140. The second-order valence-electron chi connectivity index (χ2n) is 6.85. The van der Waals surface area contributed by atoms with Gasteiger partial charge in [0.05, 0.1) is 32.0 Å². The molecule has 0 aromatic carbocycles. The number of rotatable bonds is 4. The van der Waals surface area contributed by atoms with Crippen molar-refractivity contribution in [2.24, 2.45) is 0 Å². The summed E-state index contributed by atoms with van der Waals surface area (Å²) in [6.45, 7) is 9.36. The number of aromatic nitrogens is 2. The number of amides is 2. The minimum Gasteiger partial charge on any atom is -0.374 e. The molecule has 2 fully saturated rings. The molecule has 0 spiro atoms. The fourth-order valence-electron chi connectivity index (χ4n) is 3.37. The number of carbonyl (C=O) groups is 2. The van der Waals surface area contributed by atoms with E-state index in [-0.39, 0.29) is 17.9 Å². The standard InChI is InChI=1S/C17H27N5O3/c1-14-9-18-22(10-14)12-16-11-19(7-8-25-16)13-17(24)21-5-3-20(4-6-21)15(2)23/h9-10,16H,3-8,11-13H2,1-2H3. The molecule has 0 bridgehead atoms. The van der Waals surface area contributed by atoms with Crippen LogP contribution >= 0.6 is 0 Å². The molecule has 0 N–H and O–H groups in total. The number of ether oxygens (including phenoxy) is 1. The molecule has 8 heteroatoms. The van der Waals surface area contributed by atoms with Crippen LogP contribution in [-0.4, -0.2) is 94.8 Å². The first-order chi connectivity index (χ1) is 12.0. The van der Waals surface area contributed by atoms with Crippen LogP contribution in [0.5, 0.6) is 0 Å². The van der Waals surface area contributed by atoms with Crippen LogP contribution in [0.3, 0.4) is 0 Å². The van der Waals surface area contributed by atoms with E-state index in [1.54, 1.807) is 11.8 Å². The normalized spacial score (nSPS) is 22.2. The number of hydrogen-bond acceptors (Lipinski definition) is 5. The van der Waals surface area contributed by atoms with E-state index in [1.165, 1.54) is 0 Å². The maximum absolute atomic E-state index is 12.5. The maximum Gasteiger partial charge on any atom is 0.236 e. The van der Waals surface area contributed by atoms with Crippen LogP contribution in [-0.2, 0) is 20.9 Å². The first kappa shape index (κ1) is 17.9. The smallest absolute Gasteiger partial charge is 0.236 e. The van der Waals surface area contributed by atoms with Crippen molar-refractivity contribution in [3.05, 3.63) is 18.0 Å². The molecule has 8 nitrogen and oxygen atoms in total. The predicted octanol–water partition coefficient (Wildman–Crippen LogP) is -0.417. The largest absolute Gasteiger partial charge is 0.374 e. The van der Waals surface area contributed by atoms with E-state index in [0.29, 0.717) is 45.9 Å². The molecule has 1 aromatic rings. The van der Waals surface area contributed by atoms with Gasteiger partial charge in [0.25, 0.3) is 0 Å². The van der Waals surface area contributed by atoms with E-state index in [9.17, 15) is 9.59 Å². The number of morpholine rings is 1. The third-order valence-corrected chi connectivity index (χ3v) is 4.81. The van der Waals surface area contributed by atoms with Crippen molar-refractivity contribution in [1.29, 1.82) is 0 Å². The summed E-state index contributed by atoms with van der Waals surface area (Å²) in [6.07, 6.45) is 3.89. The van der Waals surface area contributed by atoms with Crippen molar-refractivity contribution in [2.45, 2.75) is 26.5 Å². The van der Waals surface area contributed by atoms with E-state index >= 15 is 0 Å². The average Bonchev–Trinajstić information content (AvgIpc) is 3.00. The van der Waals surface area contributed by atoms with Crippen LogP contribution < -0.4 is 0 Å². The van der Waals surface area contributed by atoms with Crippen LogP contribution in [0.15, 0.2) is 12.4 Å². The average molecular weight is 349 g/mol. The molecule has 2 amide bonds. The molecule has 1 atom stereocenters. The highest BCUT2D eigenvalue weighted by atomic mass is 16.5. The van der Waals surface area contributed by atoms with Crippen molar-refractivity contribution in [3.8, 4) is 0 Å². The Morgan fingerprint density at radius 3 is 2.56 bits per heavy atom. The molecular weight excluding hydrogens is 322 g/mol. The molecule has 0 saturated carbocycles. The van der Waals surface area contributed by atoms with Gasteiger partial charge in [-0.05, 0) is 12.5 Å². The zero-order valence-corrected chi connectivity index (χ0v) is 15.1. The molecule has 2 aliphatic heterocycles. The van der Waals surface area contributed by atoms with Crippen molar-refractivity contribution in [3.63, 3.8) is 0 Å². The van der Waals surface area contributed by atoms with Crippen LogP contribution in [0.4, 0.5) is 0 Å². The molecule has 0 aliphatic carbocycles. The molecule has 2 aliphatic rings. The van der Waals surface area contributed by atoms with Gasteiger partial charge >= 0.3 is 0 Å². The van der Waals surface area contributed by atoms with Crippen molar-refractivity contribution >= 4 is 11.8 Å². The lowest BCUT2D eigenvalue weighted by Gasteiger charge is -2.37. The van der Waals surface area contributed by atoms with Gasteiger partial charge in [0.15, 0.2) is 0 Å². The predicted molar refractivity (Wildman–Crippen MR) is 92.0 cm³/mol. The number of hydrogen-bond donors (Lipinski definition) is 0. The van der Waals surface area contributed by atoms with Gasteiger partial charge in [-0.15, -0.1) is 0 Å². The first-order valence-corrected chi connectivity index (χ1v) is 8.87. The molecule has 1 aromatic heterocycles. The highest BCUT2D eigenvalue weighted by molar-refractivity contribution is 5.79. The number of aryl methyl sites for hydroxylation is 1. The van der Waals surface area contributed by atoms with Gasteiger partial charge in [0.1, 0.15) is 0 Å². The minimum absolute atomic E-state index is 0.0513. The van der Waals surface area contributed by atoms with Gasteiger partial charge in [-0.25, -0.2) is 0 Å². The van der Waals surface area contributed by atoms with E-state index in [2.05, 4.69) is 10.00 Å². The van der Waals surface area contributed by atoms with E-state index in [4.69, 9.17) is 4.74 Å². The van der Waals surface area contributed by atoms with Crippen LogP contribution in [0.2, 0.25) is 0 Å². The Morgan fingerprint density at radius 1 is 1.20 bits per heavy atom. The maximum atomic E-state index is 12.5. The Balaban J connectivity index is 1.46. The van der Waals surface area contributed by atoms with E-state index < -0.39 is 0 Å². The first-order valence-electron chi connectivity index (χ1n) is 8.87. The van der Waals surface area contributed by atoms with E-state index in [1.807, 2.05) is 28.9 Å². The Morgan fingerprint density at radius 2 is 1.92 bits per heavy atom. The molecule has 0 radical (unpaired) electrons. The van der Waals surface area contributed by atoms with Gasteiger partial charge in [0.2, 0.25) is 11.8 Å². The molecule has 3 heterocycles. The summed E-state index contributed by atoms with van der Waals surface area (Å²) in [4.78, 5) is 29.7. The molecule has 25 heavy (non-hydrogen) atoms. The molecule has 138 valence electrons. The number of carbonyl (C=O) groups excluding carboxylic acids is 2. The zero-order valence-electron chi connectivity index (χ0n) is 15.1. The topological polar surface area (TPSA) is 70.9 Å². The summed E-state index contributed by atoms with van der Waals surface area (Å²) < 4.78 is 7.71. The van der Waals surface area contributed by atoms with Crippen molar-refractivity contribution in [1.82, 2.24) is 24.5 Å². The molecular formula is C17H27N5O3. The van der Waals surface area contributed by atoms with Crippen molar-refractivity contribution in [2.75, 3.05) is 52.4 Å². The highest BCUT2D eigenvalue weighted by Crippen LogP contribution is 2.10. The van der Waals surface area contributed by atoms with Gasteiger partial charge < -0.3 is 14.5 Å². The highest BCUT2D eigenvalue weighted by Gasteiger charge is 2.27. The van der Waals surface area contributed by atoms with Gasteiger partial charge in [-0.1, -0.05) is 0 Å². The minimum atomic E-state index is 0.0513. The SMILES string of the molecule is CC(=O)N1CCN(C(=O)CN2CCOC(Cn3cc(C)cn3)C2)CC1. The summed E-state index contributed by atoms with van der Waals surface area (Å²) >= 11 is 0. The fraction of sp³-hybridized carbons (Fsp3) is 0.706. The Hall–Kier alpha value is -1.93. The van der Waals surface area contributed by atoms with Gasteiger partial charge in [0, 0.05) is 52.4 Å². The molecule has 3 rings (SSSR count). The van der Waals surface area contributed by atoms with Crippen LogP contribution in [0.25, 0.3) is 0 Å². The summed E-state index contributed by atoms with van der Waals surface area (Å²) in [5.74, 6) is 0.218. The fourth-order valence-corrected chi connectivity index (χ4v) is 3.37. The number of piperazine rings is 1. The summed E-state index contributed by atoms with van der Waals surface area (Å²) in [7, 11) is 0. The van der Waals surface area contributed by atoms with E-state index in [0.717, 1.165) is 18.7 Å². The second kappa shape index (κ2) is 7.97. The molecule has 2 saturated heterocycles. The lowest BCUT2D eigenvalue weighted by Crippen LogP contribution is -2.54. The second-order valence-corrected chi connectivity index (χ2v) is 6.85. The third kappa shape index (κ3) is 4.79. The van der Waals surface area contributed by atoms with Crippen LogP contribution in [0.1, 0.15) is 12.5 Å². The van der Waals surface area contributed by atoms with Crippen LogP contribution in [0, 0.1) is 6.92 Å².